The number of aromatic nitrogens is 2. The molecule has 3 aliphatic heterocycles. The SMILES string of the molecule is O=C(O[C@H]1C[N+]2(C(=O)Nc3cccnn3)CCC1CC2)C(O)(c1ccoc1)c1ccoc1. The quantitative estimate of drug-likeness (QED) is 0.458. The van der Waals surface area contributed by atoms with Crippen molar-refractivity contribution in [1.82, 2.24) is 10.2 Å². The van der Waals surface area contributed by atoms with Gasteiger partial charge in [0, 0.05) is 36.1 Å². The summed E-state index contributed by atoms with van der Waals surface area (Å²) in [5.41, 5.74) is -1.58. The summed E-state index contributed by atoms with van der Waals surface area (Å²) in [5, 5.41) is 21.9. The highest BCUT2D eigenvalue weighted by atomic mass is 16.6. The summed E-state index contributed by atoms with van der Waals surface area (Å²) in [6, 6.07) is 6.18. The maximum atomic E-state index is 13.3. The van der Waals surface area contributed by atoms with Gasteiger partial charge in [-0.2, -0.15) is 5.10 Å². The summed E-state index contributed by atoms with van der Waals surface area (Å²) < 4.78 is 16.2. The number of furan rings is 2. The maximum Gasteiger partial charge on any atom is 0.422 e. The third kappa shape index (κ3) is 3.37. The van der Waals surface area contributed by atoms with Gasteiger partial charge in [0.1, 0.15) is 6.54 Å². The maximum absolute atomic E-state index is 13.3. The fourth-order valence-electron chi connectivity index (χ4n) is 4.71. The molecule has 0 saturated carbocycles. The van der Waals surface area contributed by atoms with E-state index in [9.17, 15) is 14.7 Å². The summed E-state index contributed by atoms with van der Waals surface area (Å²) in [7, 11) is 0. The van der Waals surface area contributed by atoms with E-state index in [0.29, 0.717) is 25.5 Å². The van der Waals surface area contributed by atoms with Gasteiger partial charge in [-0.1, -0.05) is 0 Å². The van der Waals surface area contributed by atoms with Crippen molar-refractivity contribution in [2.24, 2.45) is 5.92 Å². The Labute approximate surface area is 183 Å². The zero-order valence-corrected chi connectivity index (χ0v) is 17.2. The summed E-state index contributed by atoms with van der Waals surface area (Å²) in [5.74, 6) is -0.326. The third-order valence-electron chi connectivity index (χ3n) is 6.58. The van der Waals surface area contributed by atoms with Crippen molar-refractivity contribution in [2.75, 3.05) is 25.0 Å². The van der Waals surface area contributed by atoms with E-state index >= 15 is 0 Å². The molecular weight excluding hydrogens is 416 g/mol. The van der Waals surface area contributed by atoms with Crippen molar-refractivity contribution < 1.29 is 32.7 Å². The normalized spacial score (nSPS) is 24.8. The standard InChI is InChI=1S/C22H22N4O6/c27-20(22(29,16-5-10-30-13-16)17-6-11-31-14-17)32-18-12-26(8-3-15(18)4-9-26)21(28)24-19-2-1-7-23-25-19/h1-2,5-7,10-11,13-15,18,29H,3-4,8-9,12H2/p+1/t15?,18-,26?/m0/s1. The van der Waals surface area contributed by atoms with E-state index in [1.54, 1.807) is 12.1 Å². The van der Waals surface area contributed by atoms with E-state index in [4.69, 9.17) is 13.6 Å². The first-order valence-electron chi connectivity index (χ1n) is 10.5. The van der Waals surface area contributed by atoms with Crippen LogP contribution in [-0.2, 0) is 15.1 Å². The number of aliphatic hydroxyl groups is 1. The number of fused-ring (bicyclic) bond motifs is 3. The Kier molecular flexibility index (Phi) is 5.03. The first-order chi connectivity index (χ1) is 15.5. The molecule has 10 heteroatoms. The Hall–Kier alpha value is -3.50. The molecule has 6 heterocycles. The highest BCUT2D eigenvalue weighted by Crippen LogP contribution is 2.39. The molecule has 3 saturated heterocycles. The van der Waals surface area contributed by atoms with E-state index in [2.05, 4.69) is 15.5 Å². The molecular formula is C22H23N4O6+. The van der Waals surface area contributed by atoms with Gasteiger partial charge in [-0.25, -0.2) is 14.1 Å². The van der Waals surface area contributed by atoms with Crippen LogP contribution in [0, 0.1) is 5.92 Å². The molecule has 0 aliphatic carbocycles. The number of amides is 2. The van der Waals surface area contributed by atoms with Crippen molar-refractivity contribution >= 4 is 17.8 Å². The summed E-state index contributed by atoms with van der Waals surface area (Å²) in [4.78, 5) is 26.4. The average Bonchev–Trinajstić information content (AvgIpc) is 3.55. The second-order valence-corrected chi connectivity index (χ2v) is 8.33. The Balaban J connectivity index is 1.36. The van der Waals surface area contributed by atoms with Crippen molar-refractivity contribution in [3.05, 3.63) is 66.6 Å². The van der Waals surface area contributed by atoms with Crippen LogP contribution < -0.4 is 5.32 Å². The number of urea groups is 1. The lowest BCUT2D eigenvalue weighted by Crippen LogP contribution is -2.68. The van der Waals surface area contributed by atoms with E-state index < -0.39 is 17.7 Å². The van der Waals surface area contributed by atoms with Gasteiger partial charge >= 0.3 is 12.0 Å². The molecule has 0 radical (unpaired) electrons. The largest absolute Gasteiger partial charge is 0.472 e. The molecule has 2 amide bonds. The Morgan fingerprint density at radius 2 is 1.81 bits per heavy atom. The second kappa shape index (κ2) is 7.88. The van der Waals surface area contributed by atoms with Crippen molar-refractivity contribution in [3.63, 3.8) is 0 Å². The number of hydrogen-bond acceptors (Lipinski definition) is 8. The van der Waals surface area contributed by atoms with Crippen LogP contribution in [0.5, 0.6) is 0 Å². The Bertz CT molecular complexity index is 1040. The molecule has 0 spiro atoms. The summed E-state index contributed by atoms with van der Waals surface area (Å²) in [6.45, 7) is 1.63. The lowest BCUT2D eigenvalue weighted by atomic mass is 9.83. The minimum absolute atomic E-state index is 0.126. The fourth-order valence-corrected chi connectivity index (χ4v) is 4.71. The zero-order valence-electron chi connectivity index (χ0n) is 17.2. The number of carbonyl (C=O) groups is 2. The number of hydrogen-bond donors (Lipinski definition) is 2. The van der Waals surface area contributed by atoms with Gasteiger partial charge in [0.15, 0.2) is 11.9 Å². The number of nitrogens with one attached hydrogen (secondary N) is 1. The van der Waals surface area contributed by atoms with Crippen LogP contribution in [0.2, 0.25) is 0 Å². The molecule has 3 aliphatic rings. The number of rotatable bonds is 5. The Morgan fingerprint density at radius 1 is 1.12 bits per heavy atom. The van der Waals surface area contributed by atoms with Crippen LogP contribution in [0.1, 0.15) is 24.0 Å². The summed E-state index contributed by atoms with van der Waals surface area (Å²) >= 11 is 0. The molecule has 1 atom stereocenters. The number of piperidine rings is 3. The monoisotopic (exact) mass is 439 g/mol. The molecule has 3 aromatic rings. The first kappa shape index (κ1) is 20.4. The number of anilines is 1. The molecule has 2 bridgehead atoms. The van der Waals surface area contributed by atoms with Crippen LogP contribution in [0.4, 0.5) is 10.6 Å². The van der Waals surface area contributed by atoms with Gasteiger partial charge in [0.2, 0.25) is 5.60 Å². The molecule has 166 valence electrons. The van der Waals surface area contributed by atoms with Crippen LogP contribution in [-0.4, -0.2) is 57.5 Å². The van der Waals surface area contributed by atoms with Crippen LogP contribution >= 0.6 is 0 Å². The van der Waals surface area contributed by atoms with Crippen molar-refractivity contribution in [3.8, 4) is 0 Å². The van der Waals surface area contributed by atoms with E-state index in [0.717, 1.165) is 12.8 Å². The average molecular weight is 439 g/mol. The number of ether oxygens (including phenoxy) is 1. The van der Waals surface area contributed by atoms with Gasteiger partial charge in [0.25, 0.3) is 0 Å². The Morgan fingerprint density at radius 3 is 2.38 bits per heavy atom. The molecule has 3 aromatic heterocycles. The third-order valence-corrected chi connectivity index (χ3v) is 6.58. The van der Waals surface area contributed by atoms with E-state index in [1.807, 2.05) is 0 Å². The molecule has 2 N–H and O–H groups in total. The van der Waals surface area contributed by atoms with E-state index in [1.165, 1.54) is 43.4 Å². The van der Waals surface area contributed by atoms with Gasteiger partial charge in [0.05, 0.1) is 38.1 Å². The molecule has 32 heavy (non-hydrogen) atoms. The van der Waals surface area contributed by atoms with Gasteiger partial charge in [-0.05, 0) is 24.3 Å². The molecule has 6 rings (SSSR count). The fraction of sp³-hybridized carbons (Fsp3) is 0.364. The smallest absolute Gasteiger partial charge is 0.422 e. The van der Waals surface area contributed by atoms with Crippen LogP contribution in [0.25, 0.3) is 0 Å². The highest BCUT2D eigenvalue weighted by Gasteiger charge is 2.54. The number of quaternary nitrogens is 1. The lowest BCUT2D eigenvalue weighted by Gasteiger charge is -2.49. The van der Waals surface area contributed by atoms with Crippen molar-refractivity contribution in [2.45, 2.75) is 24.5 Å². The molecule has 3 fully saturated rings. The van der Waals surface area contributed by atoms with Gasteiger partial charge in [-0.3, -0.25) is 5.32 Å². The highest BCUT2D eigenvalue weighted by molar-refractivity contribution is 5.85. The predicted molar refractivity (Wildman–Crippen MR) is 109 cm³/mol. The van der Waals surface area contributed by atoms with Gasteiger partial charge in [-0.15, -0.1) is 5.10 Å². The minimum Gasteiger partial charge on any atom is -0.472 e. The second-order valence-electron chi connectivity index (χ2n) is 8.33. The molecule has 10 nitrogen and oxygen atoms in total. The van der Waals surface area contributed by atoms with E-state index in [-0.39, 0.29) is 27.6 Å². The first-order valence-corrected chi connectivity index (χ1v) is 10.5. The van der Waals surface area contributed by atoms with Crippen LogP contribution in [0.15, 0.2) is 64.3 Å². The molecule has 0 aromatic carbocycles. The van der Waals surface area contributed by atoms with Crippen LogP contribution in [0.3, 0.4) is 0 Å². The predicted octanol–water partition coefficient (Wildman–Crippen LogP) is 2.28. The molecule has 0 unspecified atom stereocenters. The number of esters is 1. The topological polar surface area (TPSA) is 128 Å². The number of nitrogens with zero attached hydrogens (tertiary/aromatic N) is 3. The summed E-state index contributed by atoms with van der Waals surface area (Å²) in [6.07, 6.45) is 7.84. The van der Waals surface area contributed by atoms with Gasteiger partial charge < -0.3 is 18.7 Å². The minimum atomic E-state index is -2.07. The number of carbonyl (C=O) groups excluding carboxylic acids is 2. The lowest BCUT2D eigenvalue weighted by molar-refractivity contribution is -0.869. The zero-order chi connectivity index (χ0) is 22.2. The van der Waals surface area contributed by atoms with Crippen molar-refractivity contribution in [1.29, 1.82) is 0 Å².